The van der Waals surface area contributed by atoms with E-state index in [-0.39, 0.29) is 36.0 Å². The summed E-state index contributed by atoms with van der Waals surface area (Å²) in [6.07, 6.45) is 2.74. The molecule has 3 atom stereocenters. The maximum Gasteiger partial charge on any atom is 0.410 e. The Labute approximate surface area is 151 Å². The fourth-order valence-electron chi connectivity index (χ4n) is 3.63. The first kappa shape index (κ1) is 18.7. The summed E-state index contributed by atoms with van der Waals surface area (Å²) >= 11 is 0. The molecule has 2 bridgehead atoms. The third kappa shape index (κ3) is 4.53. The third-order valence-electron chi connectivity index (χ3n) is 4.49. The summed E-state index contributed by atoms with van der Waals surface area (Å²) in [7, 11) is 0. The van der Waals surface area contributed by atoms with Gasteiger partial charge >= 0.3 is 12.7 Å². The molecule has 2 aliphatic rings. The summed E-state index contributed by atoms with van der Waals surface area (Å²) in [4.78, 5) is 18.2. The van der Waals surface area contributed by atoms with E-state index in [1.165, 1.54) is 6.07 Å². The zero-order valence-corrected chi connectivity index (χ0v) is 15.2. The summed E-state index contributed by atoms with van der Waals surface area (Å²) in [5, 5.41) is 0. The zero-order chi connectivity index (χ0) is 18.9. The van der Waals surface area contributed by atoms with Crippen LogP contribution in [0.25, 0.3) is 0 Å². The van der Waals surface area contributed by atoms with Crippen LogP contribution in [0.4, 0.5) is 13.6 Å². The molecule has 8 heteroatoms. The van der Waals surface area contributed by atoms with Gasteiger partial charge in [0.1, 0.15) is 11.7 Å². The van der Waals surface area contributed by atoms with Crippen molar-refractivity contribution >= 4 is 6.09 Å². The van der Waals surface area contributed by atoms with Crippen LogP contribution in [0.15, 0.2) is 18.2 Å². The molecule has 2 aliphatic heterocycles. The second-order valence-corrected chi connectivity index (χ2v) is 7.68. The number of carbonyl (C=O) groups excluding carboxylic acids is 1. The summed E-state index contributed by atoms with van der Waals surface area (Å²) in [6, 6.07) is 4.65. The van der Waals surface area contributed by atoms with Crippen molar-refractivity contribution in [1.82, 2.24) is 9.88 Å². The molecular weight excluding hydrogens is 346 g/mol. The van der Waals surface area contributed by atoms with E-state index in [4.69, 9.17) is 9.47 Å². The van der Waals surface area contributed by atoms with Gasteiger partial charge in [-0.25, -0.2) is 4.79 Å². The number of amides is 1. The molecule has 144 valence electrons. The van der Waals surface area contributed by atoms with Crippen molar-refractivity contribution in [3.63, 3.8) is 0 Å². The number of nitrogens with zero attached hydrogens (tertiary/aromatic N) is 2. The van der Waals surface area contributed by atoms with Gasteiger partial charge < -0.3 is 19.1 Å². The maximum atomic E-state index is 12.4. The van der Waals surface area contributed by atoms with E-state index >= 15 is 0 Å². The molecule has 2 fully saturated rings. The first-order valence-electron chi connectivity index (χ1n) is 8.81. The molecule has 0 aliphatic carbocycles. The number of rotatable bonds is 4. The van der Waals surface area contributed by atoms with Crippen LogP contribution in [-0.4, -0.2) is 46.4 Å². The van der Waals surface area contributed by atoms with E-state index in [0.29, 0.717) is 12.8 Å². The van der Waals surface area contributed by atoms with Gasteiger partial charge in [-0.05, 0) is 33.6 Å². The van der Waals surface area contributed by atoms with Gasteiger partial charge in [0, 0.05) is 37.1 Å². The van der Waals surface area contributed by atoms with Crippen LogP contribution >= 0.6 is 0 Å². The van der Waals surface area contributed by atoms with Crippen LogP contribution in [0.5, 0.6) is 11.8 Å². The molecule has 26 heavy (non-hydrogen) atoms. The molecule has 1 amide bonds. The number of hydrogen-bond acceptors (Lipinski definition) is 5. The molecule has 0 unspecified atom stereocenters. The molecule has 1 aromatic rings. The Balaban J connectivity index is 1.62. The van der Waals surface area contributed by atoms with Crippen LogP contribution < -0.4 is 9.47 Å². The topological polar surface area (TPSA) is 60.9 Å². The molecule has 2 saturated heterocycles. The minimum Gasteiger partial charge on any atom is -0.474 e. The van der Waals surface area contributed by atoms with Crippen molar-refractivity contribution in [3.05, 3.63) is 18.2 Å². The fraction of sp³-hybridized carbons (Fsp3) is 0.667. The SMILES string of the molecule is CC(C)(C)OC(=O)N1[C@@H]2CC[C@H]1C[C@@H](Oc1cccc(OC(F)F)n1)C2. The van der Waals surface area contributed by atoms with Gasteiger partial charge in [0.25, 0.3) is 0 Å². The second kappa shape index (κ2) is 7.25. The predicted octanol–water partition coefficient (Wildman–Crippen LogP) is 3.99. The second-order valence-electron chi connectivity index (χ2n) is 7.68. The normalized spacial score (nSPS) is 25.3. The lowest BCUT2D eigenvalue weighted by molar-refractivity contribution is -0.0533. The molecule has 0 N–H and O–H groups in total. The van der Waals surface area contributed by atoms with E-state index in [0.717, 1.165) is 12.8 Å². The Hall–Kier alpha value is -2.12. The maximum absolute atomic E-state index is 12.4. The highest BCUT2D eigenvalue weighted by Crippen LogP contribution is 2.38. The monoisotopic (exact) mass is 370 g/mol. The highest BCUT2D eigenvalue weighted by atomic mass is 19.3. The van der Waals surface area contributed by atoms with Crippen LogP contribution in [-0.2, 0) is 4.74 Å². The van der Waals surface area contributed by atoms with Crippen molar-refractivity contribution in [2.24, 2.45) is 0 Å². The fourth-order valence-corrected chi connectivity index (χ4v) is 3.63. The first-order chi connectivity index (χ1) is 12.2. The molecule has 6 nitrogen and oxygen atoms in total. The van der Waals surface area contributed by atoms with E-state index in [2.05, 4.69) is 9.72 Å². The summed E-state index contributed by atoms with van der Waals surface area (Å²) in [6.45, 7) is 2.62. The number of alkyl halides is 2. The highest BCUT2D eigenvalue weighted by Gasteiger charge is 2.45. The quantitative estimate of drug-likeness (QED) is 0.802. The van der Waals surface area contributed by atoms with E-state index in [1.807, 2.05) is 25.7 Å². The lowest BCUT2D eigenvalue weighted by Gasteiger charge is -2.39. The lowest BCUT2D eigenvalue weighted by atomic mass is 10.0. The van der Waals surface area contributed by atoms with Gasteiger partial charge in [-0.15, -0.1) is 0 Å². The lowest BCUT2D eigenvalue weighted by Crippen LogP contribution is -2.50. The molecule has 0 saturated carbocycles. The number of ether oxygens (including phenoxy) is 3. The van der Waals surface area contributed by atoms with Gasteiger partial charge in [0.15, 0.2) is 0 Å². The summed E-state index contributed by atoms with van der Waals surface area (Å²) in [5.74, 6) is 0.0740. The predicted molar refractivity (Wildman–Crippen MR) is 89.4 cm³/mol. The Morgan fingerprint density at radius 1 is 1.19 bits per heavy atom. The van der Waals surface area contributed by atoms with Crippen molar-refractivity contribution in [1.29, 1.82) is 0 Å². The average molecular weight is 370 g/mol. The van der Waals surface area contributed by atoms with Crippen LogP contribution in [0.3, 0.4) is 0 Å². The minimum atomic E-state index is -2.93. The van der Waals surface area contributed by atoms with Crippen molar-refractivity contribution in [3.8, 4) is 11.8 Å². The molecule has 0 spiro atoms. The molecular formula is C18H24F2N2O4. The Bertz CT molecular complexity index is 636. The average Bonchev–Trinajstić information content (AvgIpc) is 2.77. The molecule has 3 heterocycles. The summed E-state index contributed by atoms with van der Waals surface area (Å²) in [5.41, 5.74) is -0.529. The molecule has 1 aromatic heterocycles. The van der Waals surface area contributed by atoms with E-state index in [9.17, 15) is 13.6 Å². The minimum absolute atomic E-state index is 0.0640. The standard InChI is InChI=1S/C18H24F2N2O4/c1-18(2,3)26-17(23)22-11-7-8-12(22)10-13(9-11)24-14-5-4-6-15(21-14)25-16(19)20/h4-6,11-13,16H,7-10H2,1-3H3/t11-,12+,13+. The largest absolute Gasteiger partial charge is 0.474 e. The number of piperidine rings is 1. The third-order valence-corrected chi connectivity index (χ3v) is 4.49. The number of halogens is 2. The Morgan fingerprint density at radius 3 is 2.38 bits per heavy atom. The van der Waals surface area contributed by atoms with Crippen LogP contribution in [0, 0.1) is 0 Å². The van der Waals surface area contributed by atoms with Gasteiger partial charge in [0.05, 0.1) is 0 Å². The van der Waals surface area contributed by atoms with Crippen LogP contribution in [0.2, 0.25) is 0 Å². The number of pyridine rings is 1. The number of carbonyl (C=O) groups is 1. The van der Waals surface area contributed by atoms with Gasteiger partial charge in [-0.3, -0.25) is 0 Å². The molecule has 0 radical (unpaired) electrons. The van der Waals surface area contributed by atoms with E-state index in [1.54, 1.807) is 12.1 Å². The van der Waals surface area contributed by atoms with Gasteiger partial charge in [0.2, 0.25) is 11.8 Å². The number of aromatic nitrogens is 1. The van der Waals surface area contributed by atoms with Crippen molar-refractivity contribution < 1.29 is 27.8 Å². The smallest absolute Gasteiger partial charge is 0.410 e. The highest BCUT2D eigenvalue weighted by molar-refractivity contribution is 5.69. The molecule has 3 rings (SSSR count). The van der Waals surface area contributed by atoms with Crippen molar-refractivity contribution in [2.45, 2.75) is 76.9 Å². The molecule has 0 aromatic carbocycles. The van der Waals surface area contributed by atoms with Crippen LogP contribution in [0.1, 0.15) is 46.5 Å². The Morgan fingerprint density at radius 2 is 1.81 bits per heavy atom. The number of hydrogen-bond donors (Lipinski definition) is 0. The zero-order valence-electron chi connectivity index (χ0n) is 15.2. The van der Waals surface area contributed by atoms with Crippen molar-refractivity contribution in [2.75, 3.05) is 0 Å². The number of fused-ring (bicyclic) bond motifs is 2. The van der Waals surface area contributed by atoms with E-state index < -0.39 is 12.2 Å². The summed E-state index contributed by atoms with van der Waals surface area (Å²) < 4.78 is 40.3. The van der Waals surface area contributed by atoms with Gasteiger partial charge in [-0.2, -0.15) is 13.8 Å². The van der Waals surface area contributed by atoms with Gasteiger partial charge in [-0.1, -0.05) is 6.07 Å². The Kier molecular flexibility index (Phi) is 5.20. The first-order valence-corrected chi connectivity index (χ1v) is 8.81.